The fourth-order valence-corrected chi connectivity index (χ4v) is 3.65. The number of hydrogen-bond donors (Lipinski definition) is 1. The van der Waals surface area contributed by atoms with Crippen molar-refractivity contribution in [2.75, 3.05) is 6.61 Å². The standard InChI is InChI=1S/C21H30O3/c1-3-5-6-15-24-19-13-11-17(12-14-19)16-7-9-18(10-8-16)20(4-2)21(22)23/h4,11-14,16,18H,3,5-10,15H2,1-2H3,(H,22,23)/t16-,18-. The molecule has 3 heteroatoms. The minimum Gasteiger partial charge on any atom is -0.494 e. The van der Waals surface area contributed by atoms with Gasteiger partial charge in [0.05, 0.1) is 6.61 Å². The van der Waals surface area contributed by atoms with E-state index in [1.165, 1.54) is 18.4 Å². The molecule has 0 bridgehead atoms. The average Bonchev–Trinajstić information content (AvgIpc) is 2.60. The van der Waals surface area contributed by atoms with Crippen LogP contribution in [0.15, 0.2) is 35.9 Å². The summed E-state index contributed by atoms with van der Waals surface area (Å²) in [7, 11) is 0. The Morgan fingerprint density at radius 1 is 1.17 bits per heavy atom. The van der Waals surface area contributed by atoms with Gasteiger partial charge in [0, 0.05) is 5.57 Å². The maximum Gasteiger partial charge on any atom is 0.331 e. The third-order valence-electron chi connectivity index (χ3n) is 5.09. The molecule has 1 N–H and O–H groups in total. The lowest BCUT2D eigenvalue weighted by Crippen LogP contribution is -2.19. The summed E-state index contributed by atoms with van der Waals surface area (Å²) in [6.45, 7) is 4.81. The normalized spacial score (nSPS) is 21.5. The van der Waals surface area contributed by atoms with Crippen LogP contribution in [0.3, 0.4) is 0 Å². The monoisotopic (exact) mass is 330 g/mol. The van der Waals surface area contributed by atoms with E-state index in [2.05, 4.69) is 31.2 Å². The molecule has 0 saturated heterocycles. The molecule has 2 rings (SSSR count). The number of benzene rings is 1. The molecule has 0 aliphatic heterocycles. The van der Waals surface area contributed by atoms with E-state index in [1.807, 2.05) is 6.92 Å². The number of hydrogen-bond acceptors (Lipinski definition) is 2. The van der Waals surface area contributed by atoms with Crippen LogP contribution in [0, 0.1) is 5.92 Å². The summed E-state index contributed by atoms with van der Waals surface area (Å²) >= 11 is 0. The number of ether oxygens (including phenoxy) is 1. The zero-order chi connectivity index (χ0) is 17.4. The number of carboxylic acid groups (broad SMARTS) is 1. The minimum absolute atomic E-state index is 0.213. The summed E-state index contributed by atoms with van der Waals surface area (Å²) in [5.41, 5.74) is 1.94. The molecule has 1 aromatic carbocycles. The van der Waals surface area contributed by atoms with E-state index in [9.17, 15) is 9.90 Å². The van der Waals surface area contributed by atoms with Gasteiger partial charge in [-0.05, 0) is 68.6 Å². The molecular formula is C21H30O3. The first-order valence-corrected chi connectivity index (χ1v) is 9.28. The van der Waals surface area contributed by atoms with Crippen LogP contribution >= 0.6 is 0 Å². The highest BCUT2D eigenvalue weighted by Crippen LogP contribution is 2.39. The van der Waals surface area contributed by atoms with Crippen molar-refractivity contribution in [3.8, 4) is 5.75 Å². The molecule has 132 valence electrons. The fraction of sp³-hybridized carbons (Fsp3) is 0.571. The Morgan fingerprint density at radius 3 is 2.38 bits per heavy atom. The molecule has 1 fully saturated rings. The van der Waals surface area contributed by atoms with Crippen LogP contribution in [-0.2, 0) is 4.79 Å². The van der Waals surface area contributed by atoms with E-state index in [-0.39, 0.29) is 5.92 Å². The number of rotatable bonds is 8. The van der Waals surface area contributed by atoms with Gasteiger partial charge in [-0.1, -0.05) is 38.0 Å². The van der Waals surface area contributed by atoms with Gasteiger partial charge in [0.15, 0.2) is 0 Å². The summed E-state index contributed by atoms with van der Waals surface area (Å²) in [6, 6.07) is 8.49. The molecule has 0 atom stereocenters. The van der Waals surface area contributed by atoms with E-state index >= 15 is 0 Å². The number of allylic oxidation sites excluding steroid dienone is 1. The molecule has 0 amide bonds. The van der Waals surface area contributed by atoms with Crippen LogP contribution < -0.4 is 4.74 Å². The zero-order valence-electron chi connectivity index (χ0n) is 15.0. The highest BCUT2D eigenvalue weighted by Gasteiger charge is 2.27. The predicted molar refractivity (Wildman–Crippen MR) is 97.6 cm³/mol. The Kier molecular flexibility index (Phi) is 7.36. The summed E-state index contributed by atoms with van der Waals surface area (Å²) < 4.78 is 5.77. The second kappa shape index (κ2) is 9.51. The van der Waals surface area contributed by atoms with Crippen molar-refractivity contribution in [2.45, 2.75) is 64.7 Å². The SMILES string of the molecule is CC=C(C(=O)O)[C@H]1CC[C@H](c2ccc(OCCCCC)cc2)CC1. The molecule has 0 aromatic heterocycles. The highest BCUT2D eigenvalue weighted by molar-refractivity contribution is 5.87. The Labute approximate surface area is 145 Å². The van der Waals surface area contributed by atoms with Crippen molar-refractivity contribution in [2.24, 2.45) is 5.92 Å². The number of carbonyl (C=O) groups is 1. The quantitative estimate of drug-likeness (QED) is 0.501. The number of carboxylic acids is 1. The van der Waals surface area contributed by atoms with Crippen LogP contribution in [0.1, 0.15) is 70.3 Å². The molecule has 1 aromatic rings. The smallest absolute Gasteiger partial charge is 0.331 e. The summed E-state index contributed by atoms with van der Waals surface area (Å²) in [4.78, 5) is 11.3. The first-order chi connectivity index (χ1) is 11.7. The third kappa shape index (κ3) is 5.12. The maximum atomic E-state index is 11.3. The maximum absolute atomic E-state index is 11.3. The van der Waals surface area contributed by atoms with E-state index < -0.39 is 5.97 Å². The lowest BCUT2D eigenvalue weighted by molar-refractivity contribution is -0.133. The Morgan fingerprint density at radius 2 is 1.83 bits per heavy atom. The van der Waals surface area contributed by atoms with Crippen molar-refractivity contribution >= 4 is 5.97 Å². The van der Waals surface area contributed by atoms with Crippen molar-refractivity contribution in [1.82, 2.24) is 0 Å². The minimum atomic E-state index is -0.759. The van der Waals surface area contributed by atoms with Crippen LogP contribution in [0.2, 0.25) is 0 Å². The topological polar surface area (TPSA) is 46.5 Å². The molecule has 0 radical (unpaired) electrons. The van der Waals surface area contributed by atoms with Gasteiger partial charge in [-0.2, -0.15) is 0 Å². The summed E-state index contributed by atoms with van der Waals surface area (Å²) in [6.07, 6.45) is 9.35. The molecule has 24 heavy (non-hydrogen) atoms. The van der Waals surface area contributed by atoms with Gasteiger partial charge < -0.3 is 9.84 Å². The zero-order valence-corrected chi connectivity index (χ0v) is 15.0. The Hall–Kier alpha value is -1.77. The fourth-order valence-electron chi connectivity index (χ4n) is 3.65. The number of unbranched alkanes of at least 4 members (excludes halogenated alkanes) is 2. The van der Waals surface area contributed by atoms with Crippen LogP contribution in [-0.4, -0.2) is 17.7 Å². The van der Waals surface area contributed by atoms with Crippen molar-refractivity contribution in [3.63, 3.8) is 0 Å². The Balaban J connectivity index is 1.84. The Bertz CT molecular complexity index is 537. The largest absolute Gasteiger partial charge is 0.494 e. The van der Waals surface area contributed by atoms with E-state index in [0.717, 1.165) is 44.5 Å². The molecular weight excluding hydrogens is 300 g/mol. The molecule has 1 aliphatic rings. The van der Waals surface area contributed by atoms with Crippen molar-refractivity contribution < 1.29 is 14.6 Å². The molecule has 3 nitrogen and oxygen atoms in total. The van der Waals surface area contributed by atoms with Gasteiger partial charge in [0.25, 0.3) is 0 Å². The number of aliphatic carboxylic acids is 1. The van der Waals surface area contributed by atoms with Crippen molar-refractivity contribution in [3.05, 3.63) is 41.5 Å². The van der Waals surface area contributed by atoms with Gasteiger partial charge in [-0.25, -0.2) is 4.79 Å². The lowest BCUT2D eigenvalue weighted by Gasteiger charge is -2.29. The van der Waals surface area contributed by atoms with Crippen LogP contribution in [0.5, 0.6) is 5.75 Å². The van der Waals surface area contributed by atoms with Crippen LogP contribution in [0.25, 0.3) is 0 Å². The molecule has 0 heterocycles. The second-order valence-electron chi connectivity index (χ2n) is 6.72. The van der Waals surface area contributed by atoms with Crippen LogP contribution in [0.4, 0.5) is 0 Å². The lowest BCUT2D eigenvalue weighted by atomic mass is 9.76. The predicted octanol–water partition coefficient (Wildman–Crippen LogP) is 5.56. The summed E-state index contributed by atoms with van der Waals surface area (Å²) in [5, 5.41) is 9.26. The molecule has 0 unspecified atom stereocenters. The van der Waals surface area contributed by atoms with Gasteiger partial charge in [0.1, 0.15) is 5.75 Å². The summed E-state index contributed by atoms with van der Waals surface area (Å²) in [5.74, 6) is 0.948. The van der Waals surface area contributed by atoms with Gasteiger partial charge >= 0.3 is 5.97 Å². The van der Waals surface area contributed by atoms with Gasteiger partial charge in [0.2, 0.25) is 0 Å². The second-order valence-corrected chi connectivity index (χ2v) is 6.72. The van der Waals surface area contributed by atoms with E-state index in [4.69, 9.17) is 4.74 Å². The van der Waals surface area contributed by atoms with Gasteiger partial charge in [-0.3, -0.25) is 0 Å². The van der Waals surface area contributed by atoms with E-state index in [1.54, 1.807) is 6.08 Å². The first kappa shape index (κ1) is 18.6. The van der Waals surface area contributed by atoms with Crippen molar-refractivity contribution in [1.29, 1.82) is 0 Å². The first-order valence-electron chi connectivity index (χ1n) is 9.28. The van der Waals surface area contributed by atoms with E-state index in [0.29, 0.717) is 11.5 Å². The third-order valence-corrected chi connectivity index (χ3v) is 5.09. The molecule has 1 saturated carbocycles. The average molecular weight is 330 g/mol. The van der Waals surface area contributed by atoms with Gasteiger partial charge in [-0.15, -0.1) is 0 Å². The highest BCUT2D eigenvalue weighted by atomic mass is 16.5. The molecule has 1 aliphatic carbocycles. The molecule has 0 spiro atoms.